The van der Waals surface area contributed by atoms with E-state index in [1.54, 1.807) is 0 Å². The van der Waals surface area contributed by atoms with Crippen molar-refractivity contribution >= 4 is 5.97 Å². The Hall–Kier alpha value is -2.14. The van der Waals surface area contributed by atoms with Crippen LogP contribution < -0.4 is 0 Å². The Kier molecular flexibility index (Phi) is 3.91. The predicted molar refractivity (Wildman–Crippen MR) is 96.1 cm³/mol. The van der Waals surface area contributed by atoms with Crippen molar-refractivity contribution in [3.05, 3.63) is 41.7 Å². The summed E-state index contributed by atoms with van der Waals surface area (Å²) < 4.78 is 1.82. The lowest BCUT2D eigenvalue weighted by Crippen LogP contribution is -2.35. The quantitative estimate of drug-likeness (QED) is 0.930. The number of hydrogen-bond donors (Lipinski definition) is 1. The van der Waals surface area contributed by atoms with Gasteiger partial charge in [0.2, 0.25) is 0 Å². The highest BCUT2D eigenvalue weighted by atomic mass is 16.4. The molecule has 1 aliphatic carbocycles. The molecule has 5 nitrogen and oxygen atoms in total. The highest BCUT2D eigenvalue weighted by Gasteiger charge is 2.54. The van der Waals surface area contributed by atoms with E-state index >= 15 is 0 Å². The minimum atomic E-state index is -0.603. The minimum Gasteiger partial charge on any atom is -0.481 e. The minimum absolute atomic E-state index is 0.303. The summed E-state index contributed by atoms with van der Waals surface area (Å²) >= 11 is 0. The van der Waals surface area contributed by atoms with Gasteiger partial charge in [-0.1, -0.05) is 30.2 Å². The van der Waals surface area contributed by atoms with Crippen LogP contribution in [0.1, 0.15) is 30.4 Å². The van der Waals surface area contributed by atoms with Gasteiger partial charge in [-0.25, -0.2) is 0 Å². The van der Waals surface area contributed by atoms with Gasteiger partial charge in [0.05, 0.1) is 11.6 Å². The standard InChI is InChI=1S/C20H25N3O2/c1-14-5-6-15(18(8-14)16-9-21-22(2)10-16)11-23-12-17-4-3-7-20(17,13-23)19(24)25/h5-6,8-10,17H,3-4,7,11-13H2,1-2H3,(H,24,25)/t17-,20+/m0/s1. The number of rotatable bonds is 4. The maximum atomic E-state index is 11.9. The fourth-order valence-corrected chi connectivity index (χ4v) is 4.76. The number of fused-ring (bicyclic) bond motifs is 1. The van der Waals surface area contributed by atoms with Crippen molar-refractivity contribution in [1.82, 2.24) is 14.7 Å². The molecule has 0 unspecified atom stereocenters. The van der Waals surface area contributed by atoms with Crippen molar-refractivity contribution in [2.24, 2.45) is 18.4 Å². The summed E-state index contributed by atoms with van der Waals surface area (Å²) in [6.07, 6.45) is 6.86. The molecule has 1 aliphatic heterocycles. The first-order chi connectivity index (χ1) is 12.0. The average Bonchev–Trinajstić information content (AvgIpc) is 3.23. The van der Waals surface area contributed by atoms with E-state index in [-0.39, 0.29) is 0 Å². The van der Waals surface area contributed by atoms with Gasteiger partial charge in [-0.2, -0.15) is 5.10 Å². The second-order valence-electron chi connectivity index (χ2n) is 7.78. The Morgan fingerprint density at radius 2 is 2.28 bits per heavy atom. The van der Waals surface area contributed by atoms with E-state index in [1.165, 1.54) is 16.7 Å². The van der Waals surface area contributed by atoms with Crippen LogP contribution in [0.5, 0.6) is 0 Å². The first-order valence-electron chi connectivity index (χ1n) is 9.02. The molecule has 2 aliphatic rings. The number of aromatic nitrogens is 2. The third-order valence-corrected chi connectivity index (χ3v) is 6.04. The number of carbonyl (C=O) groups is 1. The fourth-order valence-electron chi connectivity index (χ4n) is 4.76. The van der Waals surface area contributed by atoms with Gasteiger partial charge in [-0.05, 0) is 36.8 Å². The molecule has 1 N–H and O–H groups in total. The SMILES string of the molecule is Cc1ccc(CN2C[C@@H]3CCC[C@@]3(C(=O)O)C2)c(-c2cnn(C)c2)c1. The summed E-state index contributed by atoms with van der Waals surface area (Å²) in [7, 11) is 1.93. The van der Waals surface area contributed by atoms with Crippen LogP contribution in [-0.4, -0.2) is 38.8 Å². The monoisotopic (exact) mass is 339 g/mol. The topological polar surface area (TPSA) is 58.4 Å². The molecule has 2 fully saturated rings. The molecule has 0 radical (unpaired) electrons. The molecule has 1 saturated carbocycles. The number of hydrogen-bond acceptors (Lipinski definition) is 3. The van der Waals surface area contributed by atoms with Gasteiger partial charge in [0.25, 0.3) is 0 Å². The number of nitrogens with zero attached hydrogens (tertiary/aromatic N) is 3. The van der Waals surface area contributed by atoms with Crippen molar-refractivity contribution in [1.29, 1.82) is 0 Å². The molecule has 1 aromatic heterocycles. The molecule has 1 aromatic carbocycles. The first-order valence-corrected chi connectivity index (χ1v) is 9.02. The van der Waals surface area contributed by atoms with Gasteiger partial charge in [0, 0.05) is 38.4 Å². The second kappa shape index (κ2) is 5.99. The lowest BCUT2D eigenvalue weighted by atomic mass is 9.81. The molecule has 25 heavy (non-hydrogen) atoms. The second-order valence-corrected chi connectivity index (χ2v) is 7.78. The average molecular weight is 339 g/mol. The Balaban J connectivity index is 1.61. The molecule has 2 aromatic rings. The molecular weight excluding hydrogens is 314 g/mol. The van der Waals surface area contributed by atoms with Gasteiger partial charge in [0.15, 0.2) is 0 Å². The smallest absolute Gasteiger partial charge is 0.311 e. The van der Waals surface area contributed by atoms with Gasteiger partial charge in [-0.3, -0.25) is 14.4 Å². The summed E-state index contributed by atoms with van der Waals surface area (Å²) in [5.41, 5.74) is 4.28. The van der Waals surface area contributed by atoms with Gasteiger partial charge in [0.1, 0.15) is 0 Å². The molecule has 2 heterocycles. The molecular formula is C20H25N3O2. The highest BCUT2D eigenvalue weighted by molar-refractivity contribution is 5.76. The van der Waals surface area contributed by atoms with Crippen molar-refractivity contribution in [3.63, 3.8) is 0 Å². The van der Waals surface area contributed by atoms with E-state index in [9.17, 15) is 9.90 Å². The van der Waals surface area contributed by atoms with Crippen molar-refractivity contribution in [3.8, 4) is 11.1 Å². The Morgan fingerprint density at radius 1 is 1.44 bits per heavy atom. The summed E-state index contributed by atoms with van der Waals surface area (Å²) in [6, 6.07) is 6.52. The molecule has 0 spiro atoms. The molecule has 132 valence electrons. The maximum absolute atomic E-state index is 11.9. The van der Waals surface area contributed by atoms with E-state index in [1.807, 2.05) is 24.1 Å². The van der Waals surface area contributed by atoms with Crippen LogP contribution in [0.2, 0.25) is 0 Å². The van der Waals surface area contributed by atoms with Gasteiger partial charge < -0.3 is 5.11 Å². The summed E-state index contributed by atoms with van der Waals surface area (Å²) in [4.78, 5) is 14.2. The number of likely N-dealkylation sites (tertiary alicyclic amines) is 1. The van der Waals surface area contributed by atoms with Gasteiger partial charge in [-0.15, -0.1) is 0 Å². The van der Waals surface area contributed by atoms with E-state index in [0.717, 1.165) is 37.9 Å². The predicted octanol–water partition coefficient (Wildman–Crippen LogP) is 3.08. The molecule has 1 saturated heterocycles. The third-order valence-electron chi connectivity index (χ3n) is 6.04. The van der Waals surface area contributed by atoms with E-state index in [4.69, 9.17) is 0 Å². The number of benzene rings is 1. The van der Waals surface area contributed by atoms with Crippen LogP contribution in [0.25, 0.3) is 11.1 Å². The Morgan fingerprint density at radius 3 is 2.96 bits per heavy atom. The number of carboxylic acids is 1. The van der Waals surface area contributed by atoms with Crippen molar-refractivity contribution < 1.29 is 9.90 Å². The third kappa shape index (κ3) is 2.76. The van der Waals surface area contributed by atoms with Crippen LogP contribution in [-0.2, 0) is 18.4 Å². The Labute approximate surface area is 148 Å². The van der Waals surface area contributed by atoms with Crippen LogP contribution in [0, 0.1) is 18.3 Å². The van der Waals surface area contributed by atoms with Gasteiger partial charge >= 0.3 is 5.97 Å². The lowest BCUT2D eigenvalue weighted by molar-refractivity contribution is -0.149. The van der Waals surface area contributed by atoms with E-state index < -0.39 is 11.4 Å². The Bertz CT molecular complexity index is 813. The van der Waals surface area contributed by atoms with E-state index in [0.29, 0.717) is 12.5 Å². The summed E-state index contributed by atoms with van der Waals surface area (Å²) in [5, 5.41) is 14.1. The molecule has 5 heteroatoms. The summed E-state index contributed by atoms with van der Waals surface area (Å²) in [5.74, 6) is -0.300. The zero-order chi connectivity index (χ0) is 17.6. The van der Waals surface area contributed by atoms with Crippen LogP contribution in [0.15, 0.2) is 30.6 Å². The van der Waals surface area contributed by atoms with E-state index in [2.05, 4.69) is 35.1 Å². The summed E-state index contributed by atoms with van der Waals surface area (Å²) in [6.45, 7) is 4.47. The number of aliphatic carboxylic acids is 1. The van der Waals surface area contributed by atoms with Crippen LogP contribution >= 0.6 is 0 Å². The fraction of sp³-hybridized carbons (Fsp3) is 0.500. The first kappa shape index (κ1) is 16.3. The molecule has 0 bridgehead atoms. The van der Waals surface area contributed by atoms with Crippen LogP contribution in [0.3, 0.4) is 0 Å². The zero-order valence-corrected chi connectivity index (χ0v) is 14.9. The lowest BCUT2D eigenvalue weighted by Gasteiger charge is -2.24. The molecule has 4 rings (SSSR count). The highest BCUT2D eigenvalue weighted by Crippen LogP contribution is 2.49. The van der Waals surface area contributed by atoms with Crippen molar-refractivity contribution in [2.75, 3.05) is 13.1 Å². The number of aryl methyl sites for hydroxylation is 2. The molecule has 0 amide bonds. The molecule has 2 atom stereocenters. The van der Waals surface area contributed by atoms with Crippen molar-refractivity contribution in [2.45, 2.75) is 32.7 Å². The largest absolute Gasteiger partial charge is 0.481 e. The normalized spacial score (nSPS) is 26.1. The maximum Gasteiger partial charge on any atom is 0.311 e. The number of carboxylic acid groups (broad SMARTS) is 1. The zero-order valence-electron chi connectivity index (χ0n) is 14.9. The van der Waals surface area contributed by atoms with Crippen LogP contribution in [0.4, 0.5) is 0 Å².